The van der Waals surface area contributed by atoms with Gasteiger partial charge in [0, 0.05) is 29.6 Å². The SMILES string of the molecule is NC(=O)C1CC(c2nccs2)CN1C(=O)CNC(=O)c1ccc(Oc2ccccc2)cc1. The Labute approximate surface area is 189 Å². The molecule has 1 saturated heterocycles. The lowest BCUT2D eigenvalue weighted by Gasteiger charge is -2.22. The highest BCUT2D eigenvalue weighted by atomic mass is 32.1. The standard InChI is InChI=1S/C23H22N4O4S/c24-21(29)19-12-16(23-25-10-11-32-23)14-27(19)20(28)13-26-22(30)15-6-8-18(9-7-15)31-17-4-2-1-3-5-17/h1-11,16,19H,12-14H2,(H2,24,29)(H,26,30). The predicted octanol–water partition coefficient (Wildman–Crippen LogP) is 2.54. The molecule has 1 aliphatic rings. The van der Waals surface area contributed by atoms with Gasteiger partial charge in [-0.15, -0.1) is 11.3 Å². The molecule has 0 aliphatic carbocycles. The minimum atomic E-state index is -0.706. The third-order valence-corrected chi connectivity index (χ3v) is 6.18. The lowest BCUT2D eigenvalue weighted by atomic mass is 10.1. The van der Waals surface area contributed by atoms with Gasteiger partial charge in [-0.25, -0.2) is 4.98 Å². The molecule has 32 heavy (non-hydrogen) atoms. The molecule has 3 aromatic rings. The van der Waals surface area contributed by atoms with E-state index >= 15 is 0 Å². The summed E-state index contributed by atoms with van der Waals surface area (Å²) in [6.45, 7) is 0.122. The molecule has 8 nitrogen and oxygen atoms in total. The highest BCUT2D eigenvalue weighted by molar-refractivity contribution is 7.09. The van der Waals surface area contributed by atoms with Gasteiger partial charge in [-0.05, 0) is 42.8 Å². The van der Waals surface area contributed by atoms with Crippen molar-refractivity contribution in [1.82, 2.24) is 15.2 Å². The van der Waals surface area contributed by atoms with Crippen LogP contribution in [0.3, 0.4) is 0 Å². The van der Waals surface area contributed by atoms with E-state index in [0.717, 1.165) is 5.01 Å². The van der Waals surface area contributed by atoms with Crippen LogP contribution in [0.4, 0.5) is 0 Å². The number of rotatable bonds is 7. The number of hydrogen-bond acceptors (Lipinski definition) is 6. The molecule has 164 valence electrons. The highest BCUT2D eigenvalue weighted by Crippen LogP contribution is 2.32. The van der Waals surface area contributed by atoms with Gasteiger partial charge in [-0.2, -0.15) is 0 Å². The van der Waals surface area contributed by atoms with Crippen LogP contribution in [0, 0.1) is 0 Å². The number of carbonyl (C=O) groups is 3. The number of likely N-dealkylation sites (tertiary alicyclic amines) is 1. The maximum absolute atomic E-state index is 12.7. The molecule has 9 heteroatoms. The maximum Gasteiger partial charge on any atom is 0.251 e. The van der Waals surface area contributed by atoms with Crippen LogP contribution in [0.1, 0.15) is 27.7 Å². The Balaban J connectivity index is 1.33. The van der Waals surface area contributed by atoms with Gasteiger partial charge in [0.2, 0.25) is 11.8 Å². The topological polar surface area (TPSA) is 115 Å². The fourth-order valence-corrected chi connectivity index (χ4v) is 4.40. The monoisotopic (exact) mass is 450 g/mol. The molecule has 4 rings (SSSR count). The number of benzene rings is 2. The number of thiazole rings is 1. The second-order valence-electron chi connectivity index (χ2n) is 7.39. The lowest BCUT2D eigenvalue weighted by molar-refractivity contribution is -0.136. The third-order valence-electron chi connectivity index (χ3n) is 5.25. The first-order chi connectivity index (χ1) is 15.5. The molecule has 2 atom stereocenters. The van der Waals surface area contributed by atoms with Gasteiger partial charge in [0.15, 0.2) is 0 Å². The minimum Gasteiger partial charge on any atom is -0.457 e. The van der Waals surface area contributed by atoms with Crippen molar-refractivity contribution in [1.29, 1.82) is 0 Å². The first-order valence-corrected chi connectivity index (χ1v) is 11.0. The van der Waals surface area contributed by atoms with Crippen molar-refractivity contribution < 1.29 is 19.1 Å². The Kier molecular flexibility index (Phi) is 6.46. The lowest BCUT2D eigenvalue weighted by Crippen LogP contribution is -2.47. The van der Waals surface area contributed by atoms with Gasteiger partial charge in [-0.3, -0.25) is 14.4 Å². The van der Waals surface area contributed by atoms with E-state index in [1.807, 2.05) is 35.7 Å². The van der Waals surface area contributed by atoms with Crippen molar-refractivity contribution in [3.8, 4) is 11.5 Å². The molecule has 1 aromatic heterocycles. The Hall–Kier alpha value is -3.72. The largest absolute Gasteiger partial charge is 0.457 e. The van der Waals surface area contributed by atoms with Crippen molar-refractivity contribution in [2.45, 2.75) is 18.4 Å². The fourth-order valence-electron chi connectivity index (χ4n) is 3.65. The van der Waals surface area contributed by atoms with E-state index in [1.165, 1.54) is 16.2 Å². The zero-order valence-corrected chi connectivity index (χ0v) is 18.0. The summed E-state index contributed by atoms with van der Waals surface area (Å²) >= 11 is 1.48. The van der Waals surface area contributed by atoms with E-state index in [1.54, 1.807) is 30.5 Å². The molecule has 0 bridgehead atoms. The number of aromatic nitrogens is 1. The molecule has 2 aromatic carbocycles. The van der Waals surface area contributed by atoms with E-state index in [9.17, 15) is 14.4 Å². The second kappa shape index (κ2) is 9.61. The molecule has 3 amide bonds. The number of para-hydroxylation sites is 1. The number of amides is 3. The molecule has 0 spiro atoms. The Morgan fingerprint density at radius 3 is 2.47 bits per heavy atom. The van der Waals surface area contributed by atoms with E-state index in [4.69, 9.17) is 10.5 Å². The maximum atomic E-state index is 12.7. The van der Waals surface area contributed by atoms with Gasteiger partial charge < -0.3 is 20.7 Å². The van der Waals surface area contributed by atoms with Crippen molar-refractivity contribution in [2.75, 3.05) is 13.1 Å². The van der Waals surface area contributed by atoms with Crippen LogP contribution in [0.5, 0.6) is 11.5 Å². The summed E-state index contributed by atoms with van der Waals surface area (Å²) in [5.41, 5.74) is 5.90. The highest BCUT2D eigenvalue weighted by Gasteiger charge is 2.39. The molecule has 0 radical (unpaired) electrons. The number of ether oxygens (including phenoxy) is 1. The van der Waals surface area contributed by atoms with E-state index in [2.05, 4.69) is 10.3 Å². The van der Waals surface area contributed by atoms with Crippen molar-refractivity contribution in [3.05, 3.63) is 76.7 Å². The molecule has 2 unspecified atom stereocenters. The molecule has 1 fully saturated rings. The van der Waals surface area contributed by atoms with Crippen molar-refractivity contribution in [3.63, 3.8) is 0 Å². The number of primary amides is 1. The first-order valence-electron chi connectivity index (χ1n) is 10.1. The number of hydrogen-bond donors (Lipinski definition) is 2. The van der Waals surface area contributed by atoms with Gasteiger partial charge in [-0.1, -0.05) is 18.2 Å². The fraction of sp³-hybridized carbons (Fsp3) is 0.217. The van der Waals surface area contributed by atoms with Gasteiger partial charge >= 0.3 is 0 Å². The van der Waals surface area contributed by atoms with Gasteiger partial charge in [0.1, 0.15) is 17.5 Å². The minimum absolute atomic E-state index is 0.0377. The second-order valence-corrected chi connectivity index (χ2v) is 8.32. The van der Waals surface area contributed by atoms with Crippen molar-refractivity contribution >= 4 is 29.1 Å². The van der Waals surface area contributed by atoms with Crippen LogP contribution in [0.15, 0.2) is 66.2 Å². The number of carbonyl (C=O) groups excluding carboxylic acids is 3. The summed E-state index contributed by atoms with van der Waals surface area (Å²) in [5.74, 6) is -0.0532. The number of nitrogens with one attached hydrogen (secondary N) is 1. The van der Waals surface area contributed by atoms with Crippen molar-refractivity contribution in [2.24, 2.45) is 5.73 Å². The molecule has 2 heterocycles. The molecular weight excluding hydrogens is 428 g/mol. The van der Waals surface area contributed by atoms with Crippen LogP contribution < -0.4 is 15.8 Å². The molecule has 0 saturated carbocycles. The van der Waals surface area contributed by atoms with E-state index < -0.39 is 17.9 Å². The molecule has 3 N–H and O–H groups in total. The van der Waals surface area contributed by atoms with Crippen LogP contribution in [0.25, 0.3) is 0 Å². The van der Waals surface area contributed by atoms with E-state index in [-0.39, 0.29) is 18.4 Å². The predicted molar refractivity (Wildman–Crippen MR) is 119 cm³/mol. The van der Waals surface area contributed by atoms with Crippen LogP contribution in [-0.2, 0) is 9.59 Å². The smallest absolute Gasteiger partial charge is 0.251 e. The number of nitrogens with zero attached hydrogens (tertiary/aromatic N) is 2. The zero-order valence-electron chi connectivity index (χ0n) is 17.1. The molecule has 1 aliphatic heterocycles. The Bertz CT molecular complexity index is 1090. The Morgan fingerprint density at radius 2 is 1.81 bits per heavy atom. The van der Waals surface area contributed by atoms with Gasteiger partial charge in [0.25, 0.3) is 5.91 Å². The summed E-state index contributed by atoms with van der Waals surface area (Å²) in [7, 11) is 0. The normalized spacial score (nSPS) is 17.7. The zero-order chi connectivity index (χ0) is 22.5. The third kappa shape index (κ3) is 4.94. The Morgan fingerprint density at radius 1 is 1.09 bits per heavy atom. The number of nitrogens with two attached hydrogens (primary N) is 1. The quantitative estimate of drug-likeness (QED) is 0.574. The summed E-state index contributed by atoms with van der Waals surface area (Å²) in [5, 5.41) is 5.34. The average Bonchev–Trinajstić information content (AvgIpc) is 3.48. The summed E-state index contributed by atoms with van der Waals surface area (Å²) < 4.78 is 5.71. The van der Waals surface area contributed by atoms with Crippen LogP contribution in [0.2, 0.25) is 0 Å². The molecular formula is C23H22N4O4S. The van der Waals surface area contributed by atoms with Crippen LogP contribution >= 0.6 is 11.3 Å². The van der Waals surface area contributed by atoms with Crippen LogP contribution in [-0.4, -0.2) is 46.7 Å². The summed E-state index contributed by atoms with van der Waals surface area (Å²) in [6, 6.07) is 15.2. The summed E-state index contributed by atoms with van der Waals surface area (Å²) in [4.78, 5) is 42.8. The van der Waals surface area contributed by atoms with Gasteiger partial charge in [0.05, 0.1) is 11.6 Å². The first kappa shape index (κ1) is 21.5. The van der Waals surface area contributed by atoms with E-state index in [0.29, 0.717) is 30.0 Å². The average molecular weight is 451 g/mol. The summed E-state index contributed by atoms with van der Waals surface area (Å²) in [6.07, 6.45) is 2.13.